The minimum absolute atomic E-state index is 0.0260. The maximum Gasteiger partial charge on any atom is 0.251 e. The molecule has 33 heavy (non-hydrogen) atoms. The van der Waals surface area contributed by atoms with Crippen LogP contribution in [0.4, 0.5) is 17.2 Å². The number of hydrogen-bond acceptors (Lipinski definition) is 6. The van der Waals surface area contributed by atoms with E-state index in [1.165, 1.54) is 0 Å². The third kappa shape index (κ3) is 3.84. The van der Waals surface area contributed by atoms with Gasteiger partial charge in [0.1, 0.15) is 5.75 Å². The number of amides is 1. The van der Waals surface area contributed by atoms with E-state index in [1.807, 2.05) is 62.3 Å². The van der Waals surface area contributed by atoms with Crippen LogP contribution in [0, 0.1) is 6.92 Å². The monoisotopic (exact) mass is 442 g/mol. The van der Waals surface area contributed by atoms with E-state index in [2.05, 4.69) is 15.6 Å². The fraction of sp³-hybridized carbons (Fsp3) is 0.240. The minimum Gasteiger partial charge on any atom is -0.506 e. The quantitative estimate of drug-likeness (QED) is 0.416. The lowest BCUT2D eigenvalue weighted by Gasteiger charge is -2.20. The van der Waals surface area contributed by atoms with Crippen molar-refractivity contribution in [1.82, 2.24) is 19.9 Å². The van der Waals surface area contributed by atoms with Gasteiger partial charge in [-0.05, 0) is 49.6 Å². The number of nitrogens with zero attached hydrogens (tertiary/aromatic N) is 4. The summed E-state index contributed by atoms with van der Waals surface area (Å²) in [7, 11) is 3.70. The largest absolute Gasteiger partial charge is 0.506 e. The molecular weight excluding hydrogens is 416 g/mol. The van der Waals surface area contributed by atoms with Gasteiger partial charge in [0.25, 0.3) is 5.91 Å². The second-order valence-electron chi connectivity index (χ2n) is 8.37. The molecule has 0 unspecified atom stereocenters. The molecule has 8 heteroatoms. The molecule has 1 saturated carbocycles. The van der Waals surface area contributed by atoms with Gasteiger partial charge < -0.3 is 20.6 Å². The summed E-state index contributed by atoms with van der Waals surface area (Å²) in [6, 6.07) is 15.1. The second-order valence-corrected chi connectivity index (χ2v) is 8.37. The lowest BCUT2D eigenvalue weighted by molar-refractivity contribution is 0.0950. The van der Waals surface area contributed by atoms with E-state index in [-0.39, 0.29) is 11.7 Å². The molecule has 8 nitrogen and oxygen atoms in total. The number of carbonyl (C=O) groups excluding carboxylic acids is 1. The first kappa shape index (κ1) is 20.8. The van der Waals surface area contributed by atoms with Crippen LogP contribution in [0.3, 0.4) is 0 Å². The number of carbonyl (C=O) groups is 1. The normalized spacial score (nSPS) is 13.2. The number of aromatic hydroxyl groups is 1. The Kier molecular flexibility index (Phi) is 5.12. The molecule has 1 fully saturated rings. The van der Waals surface area contributed by atoms with E-state index in [1.54, 1.807) is 22.8 Å². The van der Waals surface area contributed by atoms with Crippen LogP contribution in [-0.2, 0) is 0 Å². The fourth-order valence-corrected chi connectivity index (χ4v) is 3.94. The molecule has 2 heterocycles. The first-order chi connectivity index (χ1) is 16.0. The van der Waals surface area contributed by atoms with Crippen LogP contribution in [0.25, 0.3) is 16.9 Å². The third-order valence-corrected chi connectivity index (χ3v) is 5.99. The van der Waals surface area contributed by atoms with Crippen molar-refractivity contribution < 1.29 is 9.90 Å². The smallest absolute Gasteiger partial charge is 0.251 e. The van der Waals surface area contributed by atoms with E-state index in [0.717, 1.165) is 35.3 Å². The predicted molar refractivity (Wildman–Crippen MR) is 129 cm³/mol. The van der Waals surface area contributed by atoms with E-state index in [0.29, 0.717) is 28.8 Å². The molecule has 0 bridgehead atoms. The molecule has 168 valence electrons. The number of rotatable bonds is 6. The zero-order valence-electron chi connectivity index (χ0n) is 18.8. The number of aryl methyl sites for hydroxylation is 1. The number of hydrogen-bond donors (Lipinski definition) is 3. The number of phenolic OH excluding ortho intramolecular Hbond substituents is 1. The Hall–Kier alpha value is -4.07. The molecular formula is C25H26N6O2. The van der Waals surface area contributed by atoms with E-state index >= 15 is 0 Å². The molecule has 5 rings (SSSR count). The Morgan fingerprint density at radius 1 is 1.18 bits per heavy atom. The number of anilines is 3. The first-order valence-corrected chi connectivity index (χ1v) is 11.0. The van der Waals surface area contributed by atoms with Gasteiger partial charge in [-0.2, -0.15) is 0 Å². The number of aromatic nitrogens is 3. The average molecular weight is 443 g/mol. The molecule has 4 aromatic rings. The number of phenols is 1. The van der Waals surface area contributed by atoms with E-state index in [4.69, 9.17) is 5.10 Å². The summed E-state index contributed by atoms with van der Waals surface area (Å²) in [6.45, 7) is 1.94. The second kappa shape index (κ2) is 8.12. The predicted octanol–water partition coefficient (Wildman–Crippen LogP) is 4.11. The van der Waals surface area contributed by atoms with Crippen molar-refractivity contribution in [2.24, 2.45) is 0 Å². The minimum atomic E-state index is -0.0260. The molecule has 0 spiro atoms. The lowest BCUT2D eigenvalue weighted by atomic mass is 10.0. The summed E-state index contributed by atoms with van der Waals surface area (Å²) in [5, 5.41) is 21.4. The van der Waals surface area contributed by atoms with E-state index in [9.17, 15) is 9.90 Å². The lowest BCUT2D eigenvalue weighted by Crippen LogP contribution is -2.26. The van der Waals surface area contributed by atoms with Crippen LogP contribution in [0.5, 0.6) is 5.75 Å². The van der Waals surface area contributed by atoms with Crippen LogP contribution < -0.4 is 15.5 Å². The van der Waals surface area contributed by atoms with Gasteiger partial charge in [0, 0.05) is 37.3 Å². The highest BCUT2D eigenvalue weighted by molar-refractivity contribution is 5.96. The summed E-state index contributed by atoms with van der Waals surface area (Å²) < 4.78 is 1.79. The number of para-hydroxylation sites is 2. The summed E-state index contributed by atoms with van der Waals surface area (Å²) in [4.78, 5) is 18.9. The molecule has 2 aromatic carbocycles. The Morgan fingerprint density at radius 2 is 1.97 bits per heavy atom. The topological polar surface area (TPSA) is 94.8 Å². The Morgan fingerprint density at radius 3 is 2.67 bits per heavy atom. The molecule has 0 atom stereocenters. The molecule has 3 N–H and O–H groups in total. The molecule has 2 aromatic heterocycles. The van der Waals surface area contributed by atoms with Gasteiger partial charge in [-0.15, -0.1) is 5.10 Å². The maximum atomic E-state index is 12.5. The van der Waals surface area contributed by atoms with Crippen molar-refractivity contribution in [1.29, 1.82) is 0 Å². The molecule has 1 aliphatic carbocycles. The van der Waals surface area contributed by atoms with Gasteiger partial charge >= 0.3 is 0 Å². The SMILES string of the molecule is CNc1cc(N(C)c2ccccc2O)nn2c(-c3ccc(C(=O)NC4CC4)c(C)c3)cnc12. The van der Waals surface area contributed by atoms with Gasteiger partial charge in [0.05, 0.1) is 23.3 Å². The number of imidazole rings is 1. The molecule has 0 aliphatic heterocycles. The van der Waals surface area contributed by atoms with Crippen LogP contribution in [0.2, 0.25) is 0 Å². The first-order valence-electron chi connectivity index (χ1n) is 11.0. The van der Waals surface area contributed by atoms with Gasteiger partial charge in [0.2, 0.25) is 0 Å². The van der Waals surface area contributed by atoms with Crippen molar-refractivity contribution in [3.05, 3.63) is 65.9 Å². The third-order valence-electron chi connectivity index (χ3n) is 5.99. The molecule has 1 aliphatic rings. The number of nitrogens with one attached hydrogen (secondary N) is 2. The van der Waals surface area contributed by atoms with Gasteiger partial charge in [-0.1, -0.05) is 18.2 Å². The van der Waals surface area contributed by atoms with Crippen LogP contribution in [-0.4, -0.2) is 45.7 Å². The van der Waals surface area contributed by atoms with Crippen molar-refractivity contribution in [2.45, 2.75) is 25.8 Å². The fourth-order valence-electron chi connectivity index (χ4n) is 3.94. The number of fused-ring (bicyclic) bond motifs is 1. The summed E-state index contributed by atoms with van der Waals surface area (Å²) >= 11 is 0. The summed E-state index contributed by atoms with van der Waals surface area (Å²) in [5.41, 5.74) is 5.46. The van der Waals surface area contributed by atoms with Crippen molar-refractivity contribution in [3.63, 3.8) is 0 Å². The zero-order chi connectivity index (χ0) is 23.1. The van der Waals surface area contributed by atoms with Crippen molar-refractivity contribution >= 4 is 28.7 Å². The standard InChI is InChI=1S/C25H26N6O2/c1-15-12-16(8-11-18(15)25(33)28-17-9-10-17)21-14-27-24-19(26-2)13-23(29-31(21)24)30(3)20-6-4-5-7-22(20)32/h4-8,11-14,17,26,32H,9-10H2,1-3H3,(H,28,33). The highest BCUT2D eigenvalue weighted by atomic mass is 16.3. The van der Waals surface area contributed by atoms with Gasteiger partial charge in [-0.25, -0.2) is 9.50 Å². The highest BCUT2D eigenvalue weighted by Gasteiger charge is 2.24. The molecule has 0 radical (unpaired) electrons. The van der Waals surface area contributed by atoms with Crippen LogP contribution in [0.1, 0.15) is 28.8 Å². The zero-order valence-corrected chi connectivity index (χ0v) is 18.8. The van der Waals surface area contributed by atoms with Crippen LogP contribution >= 0.6 is 0 Å². The van der Waals surface area contributed by atoms with E-state index < -0.39 is 0 Å². The van der Waals surface area contributed by atoms with Gasteiger partial charge in [0.15, 0.2) is 11.5 Å². The Labute approximate surface area is 191 Å². The average Bonchev–Trinajstić information content (AvgIpc) is 3.52. The highest BCUT2D eigenvalue weighted by Crippen LogP contribution is 2.33. The Balaban J connectivity index is 1.57. The van der Waals surface area contributed by atoms with Crippen molar-refractivity contribution in [3.8, 4) is 17.0 Å². The molecule has 0 saturated heterocycles. The Bertz CT molecular complexity index is 1360. The van der Waals surface area contributed by atoms with Crippen LogP contribution in [0.15, 0.2) is 54.7 Å². The van der Waals surface area contributed by atoms with Crippen molar-refractivity contribution in [2.75, 3.05) is 24.3 Å². The molecule has 1 amide bonds. The number of benzene rings is 2. The summed E-state index contributed by atoms with van der Waals surface area (Å²) in [6.07, 6.45) is 3.90. The maximum absolute atomic E-state index is 12.5. The van der Waals surface area contributed by atoms with Gasteiger partial charge in [-0.3, -0.25) is 4.79 Å². The summed E-state index contributed by atoms with van der Waals surface area (Å²) in [5.74, 6) is 0.793.